The van der Waals surface area contributed by atoms with Gasteiger partial charge in [0.1, 0.15) is 12.1 Å². The van der Waals surface area contributed by atoms with E-state index in [1.54, 1.807) is 10.7 Å². The molecule has 2 aromatic carbocycles. The van der Waals surface area contributed by atoms with Gasteiger partial charge in [0, 0.05) is 19.6 Å². The van der Waals surface area contributed by atoms with Gasteiger partial charge in [-0.05, 0) is 45.8 Å². The highest BCUT2D eigenvalue weighted by atomic mass is 35.5. The molecule has 1 aliphatic rings. The van der Waals surface area contributed by atoms with Crippen molar-refractivity contribution in [2.24, 2.45) is 0 Å². The molecule has 1 aromatic heterocycles. The molecule has 1 N–H and O–H groups in total. The van der Waals surface area contributed by atoms with Gasteiger partial charge in [-0.15, -0.1) is 17.5 Å². The van der Waals surface area contributed by atoms with Gasteiger partial charge in [0.05, 0.1) is 18.2 Å². The first-order chi connectivity index (χ1) is 13.2. The molecule has 2 heterocycles. The van der Waals surface area contributed by atoms with Crippen LogP contribution in [0.1, 0.15) is 17.2 Å². The number of piperazine rings is 1. The molecule has 0 radical (unpaired) electrons. The minimum Gasteiger partial charge on any atom is -0.333 e. The smallest absolute Gasteiger partial charge is 0.227 e. The molecule has 1 atom stereocenters. The molecule has 1 unspecified atom stereocenters. The van der Waals surface area contributed by atoms with Crippen LogP contribution in [0.3, 0.4) is 0 Å². The van der Waals surface area contributed by atoms with Crippen molar-refractivity contribution in [3.63, 3.8) is 0 Å². The number of rotatable bonds is 4. The fourth-order valence-corrected chi connectivity index (χ4v) is 3.34. The summed E-state index contributed by atoms with van der Waals surface area (Å²) in [5, 5.41) is 14.4. The summed E-state index contributed by atoms with van der Waals surface area (Å²) < 4.78 is 15.2. The number of nitrogens with one attached hydrogen (secondary N) is 1. The number of halogens is 2. The zero-order chi connectivity index (χ0) is 18.6. The Morgan fingerprint density at radius 3 is 2.75 bits per heavy atom. The van der Waals surface area contributed by atoms with Crippen LogP contribution < -0.4 is 5.32 Å². The number of amides is 1. The standard InChI is InChI=1S/C19H19FN6O.ClH/c20-16-3-1-2-15(11-16)18-12-21-8-9-25(18)19(27)10-14-4-6-17(7-5-14)26-13-22-23-24-26;/h1-7,11,13,18,21H,8-10,12H2;1H. The Labute approximate surface area is 168 Å². The van der Waals surface area contributed by atoms with Crippen LogP contribution in [0.2, 0.25) is 0 Å². The molecule has 1 amide bonds. The van der Waals surface area contributed by atoms with Crippen LogP contribution in [-0.4, -0.2) is 50.6 Å². The fourth-order valence-electron chi connectivity index (χ4n) is 3.34. The van der Waals surface area contributed by atoms with Gasteiger partial charge in [-0.2, -0.15) is 0 Å². The lowest BCUT2D eigenvalue weighted by Crippen LogP contribution is -2.49. The lowest BCUT2D eigenvalue weighted by atomic mass is 10.0. The van der Waals surface area contributed by atoms with Crippen LogP contribution in [-0.2, 0) is 11.2 Å². The van der Waals surface area contributed by atoms with E-state index < -0.39 is 0 Å². The van der Waals surface area contributed by atoms with Crippen molar-refractivity contribution < 1.29 is 9.18 Å². The van der Waals surface area contributed by atoms with E-state index in [0.717, 1.165) is 23.4 Å². The van der Waals surface area contributed by atoms with Crippen LogP contribution in [0.4, 0.5) is 4.39 Å². The van der Waals surface area contributed by atoms with Crippen molar-refractivity contribution in [2.45, 2.75) is 12.5 Å². The predicted octanol–water partition coefficient (Wildman–Crippen LogP) is 1.94. The average Bonchev–Trinajstić information content (AvgIpc) is 3.23. The van der Waals surface area contributed by atoms with Crippen LogP contribution in [0.25, 0.3) is 5.69 Å². The van der Waals surface area contributed by atoms with E-state index in [0.29, 0.717) is 19.5 Å². The Hall–Kier alpha value is -2.84. The number of benzene rings is 2. The molecule has 28 heavy (non-hydrogen) atoms. The zero-order valence-corrected chi connectivity index (χ0v) is 15.8. The summed E-state index contributed by atoms with van der Waals surface area (Å²) in [5.74, 6) is -0.260. The normalized spacial score (nSPS) is 16.5. The first-order valence-electron chi connectivity index (χ1n) is 8.79. The largest absolute Gasteiger partial charge is 0.333 e. The maximum absolute atomic E-state index is 13.6. The molecule has 0 spiro atoms. The van der Waals surface area contributed by atoms with E-state index in [-0.39, 0.29) is 30.2 Å². The van der Waals surface area contributed by atoms with Crippen molar-refractivity contribution >= 4 is 18.3 Å². The summed E-state index contributed by atoms with van der Waals surface area (Å²) in [7, 11) is 0. The average molecular weight is 403 g/mol. The molecule has 1 aliphatic heterocycles. The van der Waals surface area contributed by atoms with Crippen molar-refractivity contribution in [2.75, 3.05) is 19.6 Å². The number of carbonyl (C=O) groups is 1. The second-order valence-corrected chi connectivity index (χ2v) is 6.46. The van der Waals surface area contributed by atoms with Gasteiger partial charge in [0.15, 0.2) is 0 Å². The third-order valence-electron chi connectivity index (χ3n) is 4.70. The summed E-state index contributed by atoms with van der Waals surface area (Å²) in [6.45, 7) is 1.95. The van der Waals surface area contributed by atoms with Gasteiger partial charge >= 0.3 is 0 Å². The van der Waals surface area contributed by atoms with E-state index >= 15 is 0 Å². The Morgan fingerprint density at radius 2 is 2.04 bits per heavy atom. The molecule has 146 valence electrons. The second-order valence-electron chi connectivity index (χ2n) is 6.46. The highest BCUT2D eigenvalue weighted by Gasteiger charge is 2.28. The number of hydrogen-bond donors (Lipinski definition) is 1. The summed E-state index contributed by atoms with van der Waals surface area (Å²) >= 11 is 0. The monoisotopic (exact) mass is 402 g/mol. The Kier molecular flexibility index (Phi) is 6.33. The quantitative estimate of drug-likeness (QED) is 0.721. The van der Waals surface area contributed by atoms with Gasteiger partial charge < -0.3 is 10.2 Å². The predicted molar refractivity (Wildman–Crippen MR) is 104 cm³/mol. The summed E-state index contributed by atoms with van der Waals surface area (Å²) in [4.78, 5) is 14.8. The van der Waals surface area contributed by atoms with Gasteiger partial charge in [-0.3, -0.25) is 4.79 Å². The second kappa shape index (κ2) is 8.90. The molecule has 3 aromatic rings. The number of carbonyl (C=O) groups excluding carboxylic acids is 1. The maximum atomic E-state index is 13.6. The third-order valence-corrected chi connectivity index (χ3v) is 4.70. The van der Waals surface area contributed by atoms with Gasteiger partial charge in [0.25, 0.3) is 0 Å². The number of nitrogens with zero attached hydrogens (tertiary/aromatic N) is 5. The highest BCUT2D eigenvalue weighted by Crippen LogP contribution is 2.24. The van der Waals surface area contributed by atoms with Crippen molar-refractivity contribution in [1.29, 1.82) is 0 Å². The van der Waals surface area contributed by atoms with Crippen molar-refractivity contribution in [3.05, 3.63) is 71.8 Å². The number of aromatic nitrogens is 4. The SMILES string of the molecule is Cl.O=C(Cc1ccc(-n2cnnn2)cc1)N1CCNCC1c1cccc(F)c1. The van der Waals surface area contributed by atoms with Crippen LogP contribution in [0.15, 0.2) is 54.9 Å². The highest BCUT2D eigenvalue weighted by molar-refractivity contribution is 5.85. The van der Waals surface area contributed by atoms with E-state index in [2.05, 4.69) is 20.8 Å². The topological polar surface area (TPSA) is 75.9 Å². The van der Waals surface area contributed by atoms with Gasteiger partial charge in [-0.25, -0.2) is 9.07 Å². The lowest BCUT2D eigenvalue weighted by molar-refractivity contribution is -0.133. The maximum Gasteiger partial charge on any atom is 0.227 e. The Balaban J connectivity index is 0.00000225. The summed E-state index contributed by atoms with van der Waals surface area (Å²) in [6, 6.07) is 13.8. The fraction of sp³-hybridized carbons (Fsp3) is 0.263. The van der Waals surface area contributed by atoms with Crippen LogP contribution in [0, 0.1) is 5.82 Å². The minimum atomic E-state index is -0.288. The summed E-state index contributed by atoms with van der Waals surface area (Å²) in [6.07, 6.45) is 1.81. The van der Waals surface area contributed by atoms with E-state index in [1.807, 2.05) is 35.2 Å². The molecule has 0 bridgehead atoms. The molecule has 0 aliphatic carbocycles. The zero-order valence-electron chi connectivity index (χ0n) is 15.0. The minimum absolute atomic E-state index is 0. The molecule has 0 saturated carbocycles. The number of tetrazole rings is 1. The van der Waals surface area contributed by atoms with E-state index in [9.17, 15) is 9.18 Å². The first kappa shape index (κ1) is 19.9. The van der Waals surface area contributed by atoms with Crippen molar-refractivity contribution in [3.8, 4) is 5.69 Å². The Bertz CT molecular complexity index is 918. The first-order valence-corrected chi connectivity index (χ1v) is 8.79. The number of hydrogen-bond acceptors (Lipinski definition) is 5. The van der Waals surface area contributed by atoms with E-state index in [1.165, 1.54) is 18.5 Å². The van der Waals surface area contributed by atoms with E-state index in [4.69, 9.17) is 0 Å². The van der Waals surface area contributed by atoms with Gasteiger partial charge in [0.2, 0.25) is 5.91 Å². The van der Waals surface area contributed by atoms with Crippen LogP contribution >= 0.6 is 12.4 Å². The molecule has 7 nitrogen and oxygen atoms in total. The summed E-state index contributed by atoms with van der Waals surface area (Å²) in [5.41, 5.74) is 2.55. The van der Waals surface area contributed by atoms with Crippen molar-refractivity contribution in [1.82, 2.24) is 30.4 Å². The van der Waals surface area contributed by atoms with Crippen LogP contribution in [0.5, 0.6) is 0 Å². The molecular formula is C19H20ClFN6O. The lowest BCUT2D eigenvalue weighted by Gasteiger charge is -2.36. The molecule has 1 fully saturated rings. The molecule has 1 saturated heterocycles. The molecule has 9 heteroatoms. The van der Waals surface area contributed by atoms with Gasteiger partial charge in [-0.1, -0.05) is 24.3 Å². The third kappa shape index (κ3) is 4.35. The molecular weight excluding hydrogens is 383 g/mol. The Morgan fingerprint density at radius 1 is 1.21 bits per heavy atom. The molecule has 4 rings (SSSR count).